The van der Waals surface area contributed by atoms with Gasteiger partial charge in [-0.15, -0.1) is 0 Å². The first kappa shape index (κ1) is 14.9. The third kappa shape index (κ3) is 3.01. The number of hydrogen-bond donors (Lipinski definition) is 1. The lowest BCUT2D eigenvalue weighted by molar-refractivity contribution is 0.00826. The average molecular weight is 242 g/mol. The van der Waals surface area contributed by atoms with Gasteiger partial charge in [0.2, 0.25) is 0 Å². The lowest BCUT2D eigenvalue weighted by Gasteiger charge is -2.47. The maximum absolute atomic E-state index is 6.16. The molecule has 0 saturated heterocycles. The van der Waals surface area contributed by atoms with Crippen LogP contribution in [0.4, 0.5) is 0 Å². The Morgan fingerprint density at radius 2 is 2.18 bits per heavy atom. The summed E-state index contributed by atoms with van der Waals surface area (Å²) in [4.78, 5) is 2.59. The van der Waals surface area contributed by atoms with Crippen molar-refractivity contribution in [2.24, 2.45) is 11.7 Å². The summed E-state index contributed by atoms with van der Waals surface area (Å²) in [6.07, 6.45) is 5.16. The first-order valence-electron chi connectivity index (χ1n) is 7.08. The van der Waals surface area contributed by atoms with Gasteiger partial charge in [-0.1, -0.05) is 19.8 Å². The van der Waals surface area contributed by atoms with E-state index in [-0.39, 0.29) is 5.54 Å². The molecule has 1 saturated carbocycles. The Hall–Kier alpha value is -0.120. The normalized spacial score (nSPS) is 29.5. The van der Waals surface area contributed by atoms with Gasteiger partial charge in [0.05, 0.1) is 6.61 Å². The molecule has 0 aromatic rings. The highest BCUT2D eigenvalue weighted by Crippen LogP contribution is 2.42. The Kier molecular flexibility index (Phi) is 5.90. The summed E-state index contributed by atoms with van der Waals surface area (Å²) in [5, 5.41) is 0. The SMILES string of the molecule is CCC1CCCC1(CN)N(CCOC)C(C)C. The van der Waals surface area contributed by atoms with Crippen LogP contribution in [0, 0.1) is 5.92 Å². The minimum absolute atomic E-state index is 0.224. The van der Waals surface area contributed by atoms with Gasteiger partial charge in [0, 0.05) is 31.8 Å². The molecule has 3 nitrogen and oxygen atoms in total. The summed E-state index contributed by atoms with van der Waals surface area (Å²) in [7, 11) is 1.78. The quantitative estimate of drug-likeness (QED) is 0.744. The van der Waals surface area contributed by atoms with E-state index in [1.165, 1.54) is 25.7 Å². The number of nitrogens with zero attached hydrogens (tertiary/aromatic N) is 1. The maximum atomic E-state index is 6.16. The van der Waals surface area contributed by atoms with Gasteiger partial charge in [0.25, 0.3) is 0 Å². The highest BCUT2D eigenvalue weighted by atomic mass is 16.5. The predicted molar refractivity (Wildman–Crippen MR) is 73.1 cm³/mol. The Morgan fingerprint density at radius 3 is 2.65 bits per heavy atom. The molecule has 0 radical (unpaired) electrons. The van der Waals surface area contributed by atoms with Crippen molar-refractivity contribution in [3.8, 4) is 0 Å². The molecule has 2 unspecified atom stereocenters. The zero-order valence-corrected chi connectivity index (χ0v) is 12.0. The second-order valence-electron chi connectivity index (χ2n) is 5.59. The van der Waals surface area contributed by atoms with E-state index in [9.17, 15) is 0 Å². The van der Waals surface area contributed by atoms with Gasteiger partial charge in [-0.25, -0.2) is 0 Å². The monoisotopic (exact) mass is 242 g/mol. The first-order valence-corrected chi connectivity index (χ1v) is 7.08. The second kappa shape index (κ2) is 6.72. The van der Waals surface area contributed by atoms with E-state index < -0.39 is 0 Å². The minimum atomic E-state index is 0.224. The van der Waals surface area contributed by atoms with Crippen LogP contribution in [0.1, 0.15) is 46.5 Å². The third-order valence-electron chi connectivity index (χ3n) is 4.50. The molecule has 0 bridgehead atoms. The van der Waals surface area contributed by atoms with E-state index in [0.717, 1.165) is 25.6 Å². The second-order valence-corrected chi connectivity index (χ2v) is 5.59. The van der Waals surface area contributed by atoms with Crippen LogP contribution in [0.5, 0.6) is 0 Å². The standard InChI is InChI=1S/C14H30N2O/c1-5-13-7-6-8-14(13,11-15)16(12(2)3)9-10-17-4/h12-13H,5-11,15H2,1-4H3. The van der Waals surface area contributed by atoms with Crippen LogP contribution in [-0.4, -0.2) is 43.3 Å². The van der Waals surface area contributed by atoms with E-state index in [0.29, 0.717) is 6.04 Å². The van der Waals surface area contributed by atoms with Crippen molar-refractivity contribution in [3.63, 3.8) is 0 Å². The molecule has 0 aliphatic heterocycles. The number of methoxy groups -OCH3 is 1. The fraction of sp³-hybridized carbons (Fsp3) is 1.00. The van der Waals surface area contributed by atoms with E-state index in [1.54, 1.807) is 7.11 Å². The van der Waals surface area contributed by atoms with Gasteiger partial charge in [0.1, 0.15) is 0 Å². The molecule has 3 heteroatoms. The number of nitrogens with two attached hydrogens (primary N) is 1. The Bertz CT molecular complexity index is 220. The third-order valence-corrected chi connectivity index (χ3v) is 4.50. The smallest absolute Gasteiger partial charge is 0.0590 e. The Morgan fingerprint density at radius 1 is 1.47 bits per heavy atom. The number of hydrogen-bond acceptors (Lipinski definition) is 3. The van der Waals surface area contributed by atoms with Gasteiger partial charge in [0.15, 0.2) is 0 Å². The average Bonchev–Trinajstić information content (AvgIpc) is 2.73. The van der Waals surface area contributed by atoms with Crippen molar-refractivity contribution in [1.29, 1.82) is 0 Å². The number of rotatable bonds is 7. The van der Waals surface area contributed by atoms with Crippen LogP contribution in [-0.2, 0) is 4.74 Å². The molecule has 1 rings (SSSR count). The Labute approximate surface area is 107 Å². The van der Waals surface area contributed by atoms with E-state index in [1.807, 2.05) is 0 Å². The highest BCUT2D eigenvalue weighted by Gasteiger charge is 2.45. The molecule has 0 heterocycles. The van der Waals surface area contributed by atoms with E-state index >= 15 is 0 Å². The largest absolute Gasteiger partial charge is 0.383 e. The summed E-state index contributed by atoms with van der Waals surface area (Å²) in [6.45, 7) is 9.44. The van der Waals surface area contributed by atoms with Crippen molar-refractivity contribution >= 4 is 0 Å². The van der Waals surface area contributed by atoms with Crippen LogP contribution in [0.25, 0.3) is 0 Å². The van der Waals surface area contributed by atoms with Crippen LogP contribution >= 0.6 is 0 Å². The van der Waals surface area contributed by atoms with Crippen LogP contribution in [0.3, 0.4) is 0 Å². The van der Waals surface area contributed by atoms with Crippen molar-refractivity contribution < 1.29 is 4.74 Å². The lowest BCUT2D eigenvalue weighted by Crippen LogP contribution is -2.59. The molecular weight excluding hydrogens is 212 g/mol. The summed E-state index contributed by atoms with van der Waals surface area (Å²) < 4.78 is 5.26. The highest BCUT2D eigenvalue weighted by molar-refractivity contribution is 5.02. The molecule has 1 aliphatic carbocycles. The predicted octanol–water partition coefficient (Wildman–Crippen LogP) is 2.25. The summed E-state index contributed by atoms with van der Waals surface area (Å²) in [5.41, 5.74) is 6.39. The van der Waals surface area contributed by atoms with Crippen molar-refractivity contribution in [1.82, 2.24) is 4.90 Å². The minimum Gasteiger partial charge on any atom is -0.383 e. The fourth-order valence-corrected chi connectivity index (χ4v) is 3.66. The van der Waals surface area contributed by atoms with Crippen LogP contribution < -0.4 is 5.73 Å². The van der Waals surface area contributed by atoms with Crippen LogP contribution in [0.2, 0.25) is 0 Å². The Balaban J connectivity index is 2.86. The van der Waals surface area contributed by atoms with Gasteiger partial charge in [-0.05, 0) is 32.6 Å². The molecule has 0 aromatic carbocycles. The fourth-order valence-electron chi connectivity index (χ4n) is 3.66. The summed E-state index contributed by atoms with van der Waals surface area (Å²) in [5.74, 6) is 0.756. The van der Waals surface area contributed by atoms with Gasteiger partial charge in [-0.2, -0.15) is 0 Å². The van der Waals surface area contributed by atoms with Gasteiger partial charge < -0.3 is 10.5 Å². The molecular formula is C14H30N2O. The molecule has 0 spiro atoms. The molecule has 102 valence electrons. The lowest BCUT2D eigenvalue weighted by atomic mass is 9.82. The zero-order valence-electron chi connectivity index (χ0n) is 12.0. The summed E-state index contributed by atoms with van der Waals surface area (Å²) in [6, 6.07) is 0.542. The molecule has 17 heavy (non-hydrogen) atoms. The number of ether oxygens (including phenoxy) is 1. The van der Waals surface area contributed by atoms with Crippen LogP contribution in [0.15, 0.2) is 0 Å². The van der Waals surface area contributed by atoms with Crippen molar-refractivity contribution in [3.05, 3.63) is 0 Å². The molecule has 0 amide bonds. The van der Waals surface area contributed by atoms with Gasteiger partial charge in [-0.3, -0.25) is 4.90 Å². The molecule has 1 aliphatic rings. The van der Waals surface area contributed by atoms with Crippen molar-refractivity contribution in [2.45, 2.75) is 58.0 Å². The zero-order chi connectivity index (χ0) is 12.9. The maximum Gasteiger partial charge on any atom is 0.0590 e. The van der Waals surface area contributed by atoms with Crippen molar-refractivity contribution in [2.75, 3.05) is 26.8 Å². The summed E-state index contributed by atoms with van der Waals surface area (Å²) >= 11 is 0. The van der Waals surface area contributed by atoms with Gasteiger partial charge >= 0.3 is 0 Å². The molecule has 2 atom stereocenters. The van der Waals surface area contributed by atoms with E-state index in [4.69, 9.17) is 10.5 Å². The van der Waals surface area contributed by atoms with E-state index in [2.05, 4.69) is 25.7 Å². The topological polar surface area (TPSA) is 38.5 Å². The molecule has 2 N–H and O–H groups in total. The molecule has 0 aromatic heterocycles. The first-order chi connectivity index (χ1) is 8.12. The molecule has 1 fully saturated rings.